The molecule has 3 N–H and O–H groups in total. The second kappa shape index (κ2) is 4.80. The Morgan fingerprint density at radius 2 is 2.20 bits per heavy atom. The molecule has 1 aromatic heterocycles. The zero-order chi connectivity index (χ0) is 14.1. The molecule has 3 rings (SSSR count). The lowest BCUT2D eigenvalue weighted by molar-refractivity contribution is -0.116. The maximum absolute atomic E-state index is 11.3. The number of fused-ring (bicyclic) bond motifs is 1. The Morgan fingerprint density at radius 1 is 1.35 bits per heavy atom. The summed E-state index contributed by atoms with van der Waals surface area (Å²) in [4.78, 5) is 19.4. The lowest BCUT2D eigenvalue weighted by atomic mass is 10.0. The van der Waals surface area contributed by atoms with Crippen LogP contribution in [0, 0.1) is 6.92 Å². The van der Waals surface area contributed by atoms with Gasteiger partial charge in [-0.05, 0) is 37.1 Å². The molecule has 2 aromatic rings. The smallest absolute Gasteiger partial charge is 0.230 e. The first-order valence-corrected chi connectivity index (χ1v) is 6.34. The van der Waals surface area contributed by atoms with Crippen molar-refractivity contribution in [2.45, 2.75) is 19.8 Å². The molecule has 1 aromatic carbocycles. The first-order valence-electron chi connectivity index (χ1n) is 6.34. The SMILES string of the molecule is Cc1cnc(Nc2ccc3c(c2)CCC(=O)N3)nc1O. The van der Waals surface area contributed by atoms with Crippen molar-refractivity contribution in [3.8, 4) is 5.88 Å². The number of benzene rings is 1. The Bertz CT molecular complexity index is 685. The van der Waals surface area contributed by atoms with Crippen molar-refractivity contribution in [1.29, 1.82) is 0 Å². The van der Waals surface area contributed by atoms with E-state index in [2.05, 4.69) is 20.6 Å². The number of anilines is 3. The Kier molecular flexibility index (Phi) is 2.98. The zero-order valence-corrected chi connectivity index (χ0v) is 11.0. The van der Waals surface area contributed by atoms with Crippen LogP contribution in [-0.2, 0) is 11.2 Å². The third-order valence-electron chi connectivity index (χ3n) is 3.20. The van der Waals surface area contributed by atoms with Crippen LogP contribution in [0.25, 0.3) is 0 Å². The summed E-state index contributed by atoms with van der Waals surface area (Å²) in [5.74, 6) is 0.352. The van der Waals surface area contributed by atoms with E-state index >= 15 is 0 Å². The highest BCUT2D eigenvalue weighted by Gasteiger charge is 2.15. The molecule has 6 heteroatoms. The van der Waals surface area contributed by atoms with Gasteiger partial charge in [-0.1, -0.05) is 0 Å². The van der Waals surface area contributed by atoms with Crippen molar-refractivity contribution in [2.24, 2.45) is 0 Å². The number of hydrogen-bond acceptors (Lipinski definition) is 5. The van der Waals surface area contributed by atoms with Gasteiger partial charge in [0.1, 0.15) is 0 Å². The number of hydrogen-bond donors (Lipinski definition) is 3. The largest absolute Gasteiger partial charge is 0.493 e. The van der Waals surface area contributed by atoms with Gasteiger partial charge in [0.2, 0.25) is 17.7 Å². The van der Waals surface area contributed by atoms with Crippen molar-refractivity contribution in [2.75, 3.05) is 10.6 Å². The van der Waals surface area contributed by atoms with E-state index in [1.807, 2.05) is 18.2 Å². The average Bonchev–Trinajstić information content (AvgIpc) is 2.43. The van der Waals surface area contributed by atoms with Crippen LogP contribution in [0.4, 0.5) is 17.3 Å². The van der Waals surface area contributed by atoms with Gasteiger partial charge in [0.05, 0.1) is 0 Å². The van der Waals surface area contributed by atoms with Crippen LogP contribution in [0.1, 0.15) is 17.5 Å². The van der Waals surface area contributed by atoms with Crippen molar-refractivity contribution in [1.82, 2.24) is 9.97 Å². The fourth-order valence-electron chi connectivity index (χ4n) is 2.08. The Morgan fingerprint density at radius 3 is 3.00 bits per heavy atom. The molecule has 0 saturated heterocycles. The minimum atomic E-state index is -0.0345. The minimum absolute atomic E-state index is 0.0345. The van der Waals surface area contributed by atoms with Crippen LogP contribution in [0.2, 0.25) is 0 Å². The lowest BCUT2D eigenvalue weighted by Crippen LogP contribution is -2.18. The summed E-state index contributed by atoms with van der Waals surface area (Å²) in [6.07, 6.45) is 2.78. The predicted octanol–water partition coefficient (Wildman–Crippen LogP) is 2.12. The van der Waals surface area contributed by atoms with E-state index in [1.165, 1.54) is 0 Å². The molecule has 0 bridgehead atoms. The summed E-state index contributed by atoms with van der Waals surface area (Å²) in [6.45, 7) is 1.74. The van der Waals surface area contributed by atoms with Gasteiger partial charge in [-0.25, -0.2) is 4.98 Å². The predicted molar refractivity (Wildman–Crippen MR) is 75.1 cm³/mol. The van der Waals surface area contributed by atoms with E-state index < -0.39 is 0 Å². The molecule has 0 unspecified atom stereocenters. The maximum Gasteiger partial charge on any atom is 0.230 e. The molecule has 0 saturated carbocycles. The summed E-state index contributed by atoms with van der Waals surface area (Å²) >= 11 is 0. The Hall–Kier alpha value is -2.63. The summed E-state index contributed by atoms with van der Waals surface area (Å²) in [5, 5.41) is 15.4. The molecule has 0 aliphatic carbocycles. The van der Waals surface area contributed by atoms with Gasteiger partial charge in [-0.2, -0.15) is 4.98 Å². The van der Waals surface area contributed by atoms with Crippen LogP contribution in [0.5, 0.6) is 5.88 Å². The standard InChI is InChI=1S/C14H14N4O2/c1-8-7-15-14(18-13(8)20)16-10-3-4-11-9(6-10)2-5-12(19)17-11/h3-4,6-7H,2,5H2,1H3,(H,17,19)(H2,15,16,18,20). The van der Waals surface area contributed by atoms with Gasteiger partial charge >= 0.3 is 0 Å². The van der Waals surface area contributed by atoms with Gasteiger partial charge in [-0.3, -0.25) is 4.79 Å². The van der Waals surface area contributed by atoms with Crippen molar-refractivity contribution >= 4 is 23.2 Å². The van der Waals surface area contributed by atoms with Crippen molar-refractivity contribution in [3.05, 3.63) is 35.5 Å². The first-order chi connectivity index (χ1) is 9.61. The third kappa shape index (κ3) is 2.40. The number of aromatic hydroxyl groups is 1. The van der Waals surface area contributed by atoms with E-state index in [9.17, 15) is 9.90 Å². The Balaban J connectivity index is 1.84. The molecule has 0 fully saturated rings. The number of nitrogens with one attached hydrogen (secondary N) is 2. The van der Waals surface area contributed by atoms with Crippen LogP contribution < -0.4 is 10.6 Å². The fourth-order valence-corrected chi connectivity index (χ4v) is 2.08. The normalized spacial score (nSPS) is 13.6. The van der Waals surface area contributed by atoms with Gasteiger partial charge in [0, 0.05) is 29.6 Å². The summed E-state index contributed by atoms with van der Waals surface area (Å²) in [7, 11) is 0. The number of nitrogens with zero attached hydrogens (tertiary/aromatic N) is 2. The number of carbonyl (C=O) groups is 1. The number of aryl methyl sites for hydroxylation is 2. The molecular formula is C14H14N4O2. The molecule has 102 valence electrons. The van der Waals surface area contributed by atoms with E-state index in [-0.39, 0.29) is 11.8 Å². The third-order valence-corrected chi connectivity index (χ3v) is 3.20. The van der Waals surface area contributed by atoms with Gasteiger partial charge in [-0.15, -0.1) is 0 Å². The number of aromatic nitrogens is 2. The number of amides is 1. The minimum Gasteiger partial charge on any atom is -0.493 e. The highest BCUT2D eigenvalue weighted by atomic mass is 16.3. The van der Waals surface area contributed by atoms with Gasteiger partial charge in [0.25, 0.3) is 0 Å². The van der Waals surface area contributed by atoms with Crippen LogP contribution >= 0.6 is 0 Å². The molecule has 0 atom stereocenters. The molecule has 1 aliphatic rings. The second-order valence-corrected chi connectivity index (χ2v) is 4.75. The van der Waals surface area contributed by atoms with E-state index in [0.717, 1.165) is 23.4 Å². The fraction of sp³-hybridized carbons (Fsp3) is 0.214. The highest BCUT2D eigenvalue weighted by Crippen LogP contribution is 2.27. The molecule has 1 amide bonds. The second-order valence-electron chi connectivity index (χ2n) is 4.75. The molecule has 0 radical (unpaired) electrons. The van der Waals surface area contributed by atoms with Crippen LogP contribution in [0.3, 0.4) is 0 Å². The first kappa shape index (κ1) is 12.4. The maximum atomic E-state index is 11.3. The van der Waals surface area contributed by atoms with Crippen LogP contribution in [-0.4, -0.2) is 21.0 Å². The molecule has 0 spiro atoms. The summed E-state index contributed by atoms with van der Waals surface area (Å²) in [5.41, 5.74) is 3.37. The topological polar surface area (TPSA) is 87.1 Å². The number of carbonyl (C=O) groups excluding carboxylic acids is 1. The van der Waals surface area contributed by atoms with E-state index in [0.29, 0.717) is 17.9 Å². The number of rotatable bonds is 2. The molecule has 6 nitrogen and oxygen atoms in total. The summed E-state index contributed by atoms with van der Waals surface area (Å²) in [6, 6.07) is 5.64. The lowest BCUT2D eigenvalue weighted by Gasteiger charge is -2.17. The molecule has 1 aliphatic heterocycles. The van der Waals surface area contributed by atoms with Crippen molar-refractivity contribution < 1.29 is 9.90 Å². The molecule has 2 heterocycles. The average molecular weight is 270 g/mol. The Labute approximate surface area is 115 Å². The molecular weight excluding hydrogens is 256 g/mol. The van der Waals surface area contributed by atoms with Gasteiger partial charge < -0.3 is 15.7 Å². The van der Waals surface area contributed by atoms with Crippen molar-refractivity contribution in [3.63, 3.8) is 0 Å². The van der Waals surface area contributed by atoms with Gasteiger partial charge in [0.15, 0.2) is 0 Å². The monoisotopic (exact) mass is 270 g/mol. The zero-order valence-electron chi connectivity index (χ0n) is 11.0. The van der Waals surface area contributed by atoms with E-state index in [4.69, 9.17) is 0 Å². The van der Waals surface area contributed by atoms with Crippen LogP contribution in [0.15, 0.2) is 24.4 Å². The molecule has 20 heavy (non-hydrogen) atoms. The quantitative estimate of drug-likeness (QED) is 0.778. The highest BCUT2D eigenvalue weighted by molar-refractivity contribution is 5.94. The summed E-state index contributed by atoms with van der Waals surface area (Å²) < 4.78 is 0. The van der Waals surface area contributed by atoms with E-state index in [1.54, 1.807) is 13.1 Å².